The first kappa shape index (κ1) is 16.5. The van der Waals surface area contributed by atoms with Crippen molar-refractivity contribution in [3.8, 4) is 11.3 Å². The van der Waals surface area contributed by atoms with Gasteiger partial charge in [0, 0.05) is 17.7 Å². The molecule has 1 aliphatic heterocycles. The molecule has 1 aliphatic carbocycles. The Hall–Kier alpha value is -2.94. The summed E-state index contributed by atoms with van der Waals surface area (Å²) in [4.78, 5) is 12.3. The molecular formula is C17H20N6O3. The third-order valence-electron chi connectivity index (χ3n) is 4.66. The summed E-state index contributed by atoms with van der Waals surface area (Å²) in [5, 5.41) is 27.6. The fraction of sp³-hybridized carbons (Fsp3) is 0.412. The molecule has 4 rings (SSSR count). The van der Waals surface area contributed by atoms with E-state index in [0.717, 1.165) is 18.4 Å². The highest BCUT2D eigenvalue weighted by Crippen LogP contribution is 2.29. The first-order chi connectivity index (χ1) is 12.6. The number of carbonyl (C=O) groups excluding carboxylic acids is 1. The number of benzene rings is 1. The molecule has 1 atom stereocenters. The Morgan fingerprint density at radius 3 is 2.77 bits per heavy atom. The summed E-state index contributed by atoms with van der Waals surface area (Å²) in [6.07, 6.45) is 0.897. The third-order valence-corrected chi connectivity index (χ3v) is 4.66. The quantitative estimate of drug-likeness (QED) is 0.846. The minimum atomic E-state index is -0.662. The maximum Gasteiger partial charge on any atom is 0.273 e. The van der Waals surface area contributed by atoms with Crippen molar-refractivity contribution >= 4 is 5.91 Å². The van der Waals surface area contributed by atoms with E-state index in [-0.39, 0.29) is 23.7 Å². The molecule has 1 saturated carbocycles. The molecule has 1 fully saturated rings. The second kappa shape index (κ2) is 6.75. The van der Waals surface area contributed by atoms with E-state index in [1.807, 2.05) is 35.3 Å². The summed E-state index contributed by atoms with van der Waals surface area (Å²) >= 11 is 0. The molecule has 1 aromatic carbocycles. The van der Waals surface area contributed by atoms with Gasteiger partial charge >= 0.3 is 0 Å². The monoisotopic (exact) mass is 356 g/mol. The van der Waals surface area contributed by atoms with E-state index < -0.39 is 6.23 Å². The van der Waals surface area contributed by atoms with Crippen molar-refractivity contribution in [2.45, 2.75) is 38.1 Å². The summed E-state index contributed by atoms with van der Waals surface area (Å²) in [5.41, 5.74) is 1.15. The van der Waals surface area contributed by atoms with E-state index in [0.29, 0.717) is 12.4 Å². The summed E-state index contributed by atoms with van der Waals surface area (Å²) in [5.74, 6) is 0.325. The molecule has 136 valence electrons. The standard InChI is InChI=1S/C17H20N6O3/c1-11(24)22-10-23(21-20-22)14-7-13(8-14)18-17(25)15-9-16(26-19-15)12-5-3-2-4-6-12/h2-6,9,11,13-14,24H,7-8,10H2,1H3,(H,18,25)/t11-,13?,14?/m1/s1. The minimum Gasteiger partial charge on any atom is -0.372 e. The summed E-state index contributed by atoms with van der Waals surface area (Å²) in [6, 6.07) is 11.5. The third kappa shape index (κ3) is 3.25. The van der Waals surface area contributed by atoms with Crippen LogP contribution in [0.4, 0.5) is 0 Å². The van der Waals surface area contributed by atoms with Crippen molar-refractivity contribution in [1.29, 1.82) is 0 Å². The molecular weight excluding hydrogens is 336 g/mol. The molecule has 0 spiro atoms. The molecule has 9 heteroatoms. The van der Waals surface area contributed by atoms with Crippen LogP contribution in [-0.4, -0.2) is 51.2 Å². The lowest BCUT2D eigenvalue weighted by Gasteiger charge is -2.39. The predicted molar refractivity (Wildman–Crippen MR) is 91.3 cm³/mol. The number of hydrogen-bond donors (Lipinski definition) is 2. The van der Waals surface area contributed by atoms with Gasteiger partial charge in [-0.2, -0.15) is 0 Å². The molecule has 26 heavy (non-hydrogen) atoms. The molecule has 2 heterocycles. The van der Waals surface area contributed by atoms with Gasteiger partial charge in [-0.1, -0.05) is 40.7 Å². The number of aromatic nitrogens is 1. The van der Waals surface area contributed by atoms with Gasteiger partial charge in [-0.15, -0.1) is 0 Å². The SMILES string of the molecule is C[C@@H](O)N1CN(C2CC(NC(=O)c3cc(-c4ccccc4)on3)C2)N=N1. The number of amides is 1. The summed E-state index contributed by atoms with van der Waals surface area (Å²) in [6.45, 7) is 2.11. The van der Waals surface area contributed by atoms with Crippen LogP contribution in [0.1, 0.15) is 30.3 Å². The predicted octanol–water partition coefficient (Wildman–Crippen LogP) is 1.80. The van der Waals surface area contributed by atoms with Crippen LogP contribution in [0.5, 0.6) is 0 Å². The molecule has 2 N–H and O–H groups in total. The highest BCUT2D eigenvalue weighted by atomic mass is 16.5. The zero-order chi connectivity index (χ0) is 18.1. The molecule has 2 aromatic rings. The van der Waals surface area contributed by atoms with Crippen LogP contribution in [0.25, 0.3) is 11.3 Å². The van der Waals surface area contributed by atoms with Crippen LogP contribution in [0, 0.1) is 0 Å². The fourth-order valence-corrected chi connectivity index (χ4v) is 3.02. The lowest BCUT2D eigenvalue weighted by molar-refractivity contribution is -0.00460. The summed E-state index contributed by atoms with van der Waals surface area (Å²) in [7, 11) is 0. The number of nitrogens with zero attached hydrogens (tertiary/aromatic N) is 5. The van der Waals surface area contributed by atoms with E-state index in [4.69, 9.17) is 4.52 Å². The average Bonchev–Trinajstić information content (AvgIpc) is 3.28. The number of hydrogen-bond acceptors (Lipinski definition) is 8. The number of rotatable bonds is 5. The highest BCUT2D eigenvalue weighted by molar-refractivity contribution is 5.93. The van der Waals surface area contributed by atoms with Crippen LogP contribution in [0.3, 0.4) is 0 Å². The Balaban J connectivity index is 1.28. The van der Waals surface area contributed by atoms with Crippen molar-refractivity contribution < 1.29 is 14.4 Å². The largest absolute Gasteiger partial charge is 0.372 e. The maximum absolute atomic E-state index is 12.3. The Bertz CT molecular complexity index is 800. The first-order valence-electron chi connectivity index (χ1n) is 8.56. The topological polar surface area (TPSA) is 107 Å². The van der Waals surface area contributed by atoms with Crippen LogP contribution in [0.15, 0.2) is 51.4 Å². The molecule has 0 unspecified atom stereocenters. The average molecular weight is 356 g/mol. The number of aliphatic hydroxyl groups excluding tert-OH is 1. The zero-order valence-corrected chi connectivity index (χ0v) is 14.3. The first-order valence-corrected chi connectivity index (χ1v) is 8.56. The van der Waals surface area contributed by atoms with Gasteiger partial charge in [0.25, 0.3) is 5.91 Å². The van der Waals surface area contributed by atoms with Gasteiger partial charge in [0.05, 0.1) is 6.04 Å². The van der Waals surface area contributed by atoms with Crippen LogP contribution >= 0.6 is 0 Å². The van der Waals surface area contributed by atoms with Gasteiger partial charge < -0.3 is 14.9 Å². The highest BCUT2D eigenvalue weighted by Gasteiger charge is 2.37. The minimum absolute atomic E-state index is 0.0696. The van der Waals surface area contributed by atoms with Crippen LogP contribution in [0.2, 0.25) is 0 Å². The zero-order valence-electron chi connectivity index (χ0n) is 14.3. The van der Waals surface area contributed by atoms with Gasteiger partial charge in [-0.25, -0.2) is 5.01 Å². The van der Waals surface area contributed by atoms with E-state index >= 15 is 0 Å². The molecule has 9 nitrogen and oxygen atoms in total. The van der Waals surface area contributed by atoms with Gasteiger partial charge in [-0.3, -0.25) is 9.80 Å². The van der Waals surface area contributed by atoms with Crippen LogP contribution in [-0.2, 0) is 0 Å². The molecule has 0 radical (unpaired) electrons. The van der Waals surface area contributed by atoms with E-state index in [9.17, 15) is 9.90 Å². The second-order valence-corrected chi connectivity index (χ2v) is 6.57. The molecule has 1 aromatic heterocycles. The fourth-order valence-electron chi connectivity index (χ4n) is 3.02. The number of carbonyl (C=O) groups is 1. The van der Waals surface area contributed by atoms with E-state index in [1.165, 1.54) is 5.01 Å². The molecule has 0 saturated heterocycles. The smallest absolute Gasteiger partial charge is 0.273 e. The Morgan fingerprint density at radius 2 is 2.08 bits per heavy atom. The Morgan fingerprint density at radius 1 is 1.31 bits per heavy atom. The number of aliphatic hydroxyl groups is 1. The summed E-state index contributed by atoms with van der Waals surface area (Å²) < 4.78 is 5.27. The Kier molecular flexibility index (Phi) is 4.29. The molecule has 0 bridgehead atoms. The Labute approximate surface area is 150 Å². The molecule has 2 aliphatic rings. The van der Waals surface area contributed by atoms with Crippen LogP contribution < -0.4 is 5.32 Å². The van der Waals surface area contributed by atoms with Crippen molar-refractivity contribution in [1.82, 2.24) is 20.5 Å². The second-order valence-electron chi connectivity index (χ2n) is 6.57. The van der Waals surface area contributed by atoms with Gasteiger partial charge in [0.15, 0.2) is 11.5 Å². The van der Waals surface area contributed by atoms with Gasteiger partial charge in [0.2, 0.25) is 0 Å². The molecule has 1 amide bonds. The van der Waals surface area contributed by atoms with E-state index in [1.54, 1.807) is 13.0 Å². The van der Waals surface area contributed by atoms with Crippen molar-refractivity contribution in [3.63, 3.8) is 0 Å². The van der Waals surface area contributed by atoms with Crippen molar-refractivity contribution in [2.24, 2.45) is 10.4 Å². The van der Waals surface area contributed by atoms with Crippen molar-refractivity contribution in [3.05, 3.63) is 42.1 Å². The lowest BCUT2D eigenvalue weighted by atomic mass is 9.86. The van der Waals surface area contributed by atoms with Crippen molar-refractivity contribution in [2.75, 3.05) is 6.67 Å². The maximum atomic E-state index is 12.3. The lowest BCUT2D eigenvalue weighted by Crippen LogP contribution is -2.53. The number of nitrogens with one attached hydrogen (secondary N) is 1. The normalized spacial score (nSPS) is 23.0. The van der Waals surface area contributed by atoms with Gasteiger partial charge in [0.1, 0.15) is 12.9 Å². The van der Waals surface area contributed by atoms with E-state index in [2.05, 4.69) is 20.9 Å². The van der Waals surface area contributed by atoms with Gasteiger partial charge in [-0.05, 0) is 25.0 Å².